The molecular formula is C32H45NO4S2. The third kappa shape index (κ3) is 7.45. The number of ketones is 1. The molecule has 1 aliphatic carbocycles. The molecule has 0 spiro atoms. The molecule has 1 N–H and O–H groups in total. The molecule has 39 heavy (non-hydrogen) atoms. The molecule has 1 aliphatic heterocycles. The maximum Gasteiger partial charge on any atom is 0.306 e. The van der Waals surface area contributed by atoms with E-state index < -0.39 is 23.5 Å². The van der Waals surface area contributed by atoms with E-state index in [0.29, 0.717) is 19.3 Å². The number of fused-ring (bicyclic) bond motifs is 1. The molecule has 214 valence electrons. The average Bonchev–Trinajstić information content (AvgIpc) is 3.37. The smallest absolute Gasteiger partial charge is 0.306 e. The highest BCUT2D eigenvalue weighted by Gasteiger charge is 2.47. The van der Waals surface area contributed by atoms with E-state index in [1.165, 1.54) is 0 Å². The van der Waals surface area contributed by atoms with Crippen LogP contribution in [0.5, 0.6) is 0 Å². The monoisotopic (exact) mass is 571 g/mol. The van der Waals surface area contributed by atoms with Gasteiger partial charge in [0, 0.05) is 28.5 Å². The molecule has 7 heteroatoms. The van der Waals surface area contributed by atoms with Gasteiger partial charge in [0.15, 0.2) is 0 Å². The second kappa shape index (κ2) is 13.7. The predicted octanol–water partition coefficient (Wildman–Crippen LogP) is 7.35. The lowest BCUT2D eigenvalue weighted by molar-refractivity contribution is -0.150. The molecule has 1 aromatic heterocycles. The Morgan fingerprint density at radius 3 is 2.67 bits per heavy atom. The van der Waals surface area contributed by atoms with Crippen molar-refractivity contribution in [2.45, 2.75) is 102 Å². The molecule has 0 unspecified atom stereocenters. The first-order valence-corrected chi connectivity index (χ1v) is 16.3. The van der Waals surface area contributed by atoms with Gasteiger partial charge in [-0.1, -0.05) is 51.0 Å². The third-order valence-corrected chi connectivity index (χ3v) is 11.1. The predicted molar refractivity (Wildman–Crippen MR) is 161 cm³/mol. The number of allylic oxidation sites excluding steroid dienone is 1. The Labute approximate surface area is 243 Å². The minimum absolute atomic E-state index is 0.0228. The zero-order chi connectivity index (χ0) is 28.8. The summed E-state index contributed by atoms with van der Waals surface area (Å²) in [7, 11) is 0. The van der Waals surface area contributed by atoms with Crippen molar-refractivity contribution < 1.29 is 19.4 Å². The largest absolute Gasteiger partial charge is 0.458 e. The van der Waals surface area contributed by atoms with Gasteiger partial charge in [0.1, 0.15) is 16.2 Å². The maximum atomic E-state index is 13.6. The Bertz CT molecular complexity index is 1100. The normalized spacial score (nSPS) is 35.3. The van der Waals surface area contributed by atoms with Gasteiger partial charge < -0.3 is 9.84 Å². The van der Waals surface area contributed by atoms with Crippen molar-refractivity contribution >= 4 is 40.9 Å². The molecule has 0 aromatic carbocycles. The molecule has 2 aliphatic rings. The van der Waals surface area contributed by atoms with Gasteiger partial charge in [0.2, 0.25) is 0 Å². The van der Waals surface area contributed by atoms with E-state index in [9.17, 15) is 14.7 Å². The fourth-order valence-electron chi connectivity index (χ4n) is 6.32. The summed E-state index contributed by atoms with van der Waals surface area (Å²) < 4.78 is 7.13. The lowest BCUT2D eigenvalue weighted by Crippen LogP contribution is -2.43. The number of cyclic esters (lactones) is 1. The zero-order valence-electron chi connectivity index (χ0n) is 24.2. The quantitative estimate of drug-likeness (QED) is 0.172. The molecule has 0 bridgehead atoms. The van der Waals surface area contributed by atoms with Gasteiger partial charge in [-0.25, -0.2) is 4.98 Å². The summed E-state index contributed by atoms with van der Waals surface area (Å²) in [6, 6.07) is 0. The second-order valence-electron chi connectivity index (χ2n) is 11.9. The van der Waals surface area contributed by atoms with Crippen LogP contribution in [0.3, 0.4) is 0 Å². The lowest BCUT2D eigenvalue weighted by Gasteiger charge is -2.48. The van der Waals surface area contributed by atoms with Crippen molar-refractivity contribution in [3.8, 4) is 12.3 Å². The van der Waals surface area contributed by atoms with E-state index in [1.54, 1.807) is 29.2 Å². The Hall–Kier alpha value is -1.88. The second-order valence-corrected chi connectivity index (χ2v) is 13.9. The van der Waals surface area contributed by atoms with Crippen molar-refractivity contribution in [2.24, 2.45) is 28.6 Å². The highest BCUT2D eigenvalue weighted by atomic mass is 32.2. The number of aromatic nitrogens is 1. The van der Waals surface area contributed by atoms with E-state index in [4.69, 9.17) is 11.2 Å². The number of esters is 1. The van der Waals surface area contributed by atoms with E-state index in [-0.39, 0.29) is 35.4 Å². The molecule has 2 fully saturated rings. The van der Waals surface area contributed by atoms with E-state index in [2.05, 4.69) is 17.5 Å². The summed E-state index contributed by atoms with van der Waals surface area (Å²) in [6.07, 6.45) is 16.9. The average molecular weight is 572 g/mol. The van der Waals surface area contributed by atoms with Crippen molar-refractivity contribution in [1.29, 1.82) is 0 Å². The van der Waals surface area contributed by atoms with Gasteiger partial charge in [-0.3, -0.25) is 9.59 Å². The molecule has 0 amide bonds. The molecule has 7 atom stereocenters. The van der Waals surface area contributed by atoms with Gasteiger partial charge >= 0.3 is 5.97 Å². The van der Waals surface area contributed by atoms with Crippen LogP contribution in [-0.4, -0.2) is 40.3 Å². The minimum Gasteiger partial charge on any atom is -0.458 e. The van der Waals surface area contributed by atoms with Crippen molar-refractivity contribution in [3.63, 3.8) is 0 Å². The van der Waals surface area contributed by atoms with Crippen LogP contribution in [0.1, 0.15) is 91.2 Å². The number of carbonyl (C=O) groups is 2. The number of aliphatic hydroxyl groups is 1. The summed E-state index contributed by atoms with van der Waals surface area (Å²) in [5.74, 6) is 2.48. The number of terminal acetylenes is 1. The molecule has 1 saturated heterocycles. The molecular weight excluding hydrogens is 526 g/mol. The van der Waals surface area contributed by atoms with Gasteiger partial charge in [0.05, 0.1) is 11.8 Å². The first-order chi connectivity index (χ1) is 18.5. The first kappa shape index (κ1) is 31.6. The third-order valence-electron chi connectivity index (χ3n) is 9.20. The fourth-order valence-corrected chi connectivity index (χ4v) is 7.55. The van der Waals surface area contributed by atoms with Gasteiger partial charge in [-0.15, -0.1) is 24.3 Å². The molecule has 3 rings (SSSR count). The van der Waals surface area contributed by atoms with Crippen LogP contribution in [0, 0.1) is 40.9 Å². The van der Waals surface area contributed by atoms with Gasteiger partial charge in [-0.2, -0.15) is 0 Å². The number of hydrogen-bond acceptors (Lipinski definition) is 7. The fraction of sp³-hybridized carbons (Fsp3) is 0.656. The van der Waals surface area contributed by atoms with Gasteiger partial charge in [0.25, 0.3) is 0 Å². The lowest BCUT2D eigenvalue weighted by atomic mass is 9.56. The summed E-state index contributed by atoms with van der Waals surface area (Å²) in [6.45, 7) is 11.6. The number of rotatable bonds is 5. The van der Waals surface area contributed by atoms with E-state index in [1.807, 2.05) is 45.4 Å². The summed E-state index contributed by atoms with van der Waals surface area (Å²) in [4.78, 5) is 31.5. The van der Waals surface area contributed by atoms with Gasteiger partial charge in [-0.05, 0) is 81.6 Å². The molecule has 0 radical (unpaired) electrons. The van der Waals surface area contributed by atoms with Crippen LogP contribution >= 0.6 is 23.1 Å². The Kier molecular flexibility index (Phi) is 11.1. The number of thioether (sulfide) groups is 1. The number of carbonyl (C=O) groups excluding carboxylic acids is 2. The van der Waals surface area contributed by atoms with Crippen molar-refractivity contribution in [2.75, 3.05) is 6.26 Å². The molecule has 1 aromatic rings. The highest BCUT2D eigenvalue weighted by Crippen LogP contribution is 2.53. The molecule has 5 nitrogen and oxygen atoms in total. The van der Waals surface area contributed by atoms with Crippen LogP contribution in [0.25, 0.3) is 6.08 Å². The summed E-state index contributed by atoms with van der Waals surface area (Å²) in [5.41, 5.74) is 0.811. The van der Waals surface area contributed by atoms with Crippen molar-refractivity contribution in [3.05, 3.63) is 29.3 Å². The SMILES string of the molecule is C#C[C@@]12CCC[C@H](C)[C@H](O)[C@@H](C)C(=O)[C@](C)(CC=C)CCC(=O)O[C@H](/C(C)=C/c3csc(SC)n3)C[C@@H]1CC2. The van der Waals surface area contributed by atoms with E-state index >= 15 is 0 Å². The van der Waals surface area contributed by atoms with E-state index in [0.717, 1.165) is 47.7 Å². The number of aliphatic hydroxyl groups excluding tert-OH is 1. The maximum absolute atomic E-state index is 13.6. The standard InChI is InChI=1S/C32H45NO4S2/c1-8-14-31(6)16-13-27(34)37-26(22(4)18-25-20-39-30(33-25)38-7)19-24-12-17-32(24,9-2)15-10-11-21(3)28(35)23(5)29(31)36/h2,8,18,20-21,23-24,26,28,35H,1,10-17,19H2,3-7H3/b22-18+/t21-,23+,24-,26-,28-,31+,32-/m0/s1. The number of thiazole rings is 1. The van der Waals surface area contributed by atoms with Crippen molar-refractivity contribution in [1.82, 2.24) is 4.98 Å². The number of hydrogen-bond donors (Lipinski definition) is 1. The summed E-state index contributed by atoms with van der Waals surface area (Å²) in [5, 5.41) is 13.1. The molecule has 1 saturated carbocycles. The Balaban J connectivity index is 1.92. The zero-order valence-corrected chi connectivity index (χ0v) is 25.8. The highest BCUT2D eigenvalue weighted by molar-refractivity contribution is 8.00. The number of ether oxygens (including phenoxy) is 1. The van der Waals surface area contributed by atoms with Crippen LogP contribution < -0.4 is 0 Å². The summed E-state index contributed by atoms with van der Waals surface area (Å²) >= 11 is 3.21. The minimum atomic E-state index is -0.792. The number of Topliss-reactive ketones (excluding diaryl/α,β-unsaturated/α-hetero) is 1. The van der Waals surface area contributed by atoms with Crippen LogP contribution in [0.4, 0.5) is 0 Å². The van der Waals surface area contributed by atoms with Crippen LogP contribution in [0.15, 0.2) is 27.9 Å². The molecule has 2 heterocycles. The Morgan fingerprint density at radius 1 is 1.33 bits per heavy atom. The Morgan fingerprint density at radius 2 is 2.08 bits per heavy atom. The van der Waals surface area contributed by atoms with Crippen LogP contribution in [0.2, 0.25) is 0 Å². The van der Waals surface area contributed by atoms with Crippen LogP contribution in [-0.2, 0) is 14.3 Å². The number of nitrogens with zero attached hydrogens (tertiary/aromatic N) is 1. The first-order valence-electron chi connectivity index (χ1n) is 14.2. The topological polar surface area (TPSA) is 76.5 Å².